The van der Waals surface area contributed by atoms with Crippen LogP contribution < -0.4 is 0 Å². The Morgan fingerprint density at radius 1 is 0.962 bits per heavy atom. The molecular formula is C21H18F2N2O. The van der Waals surface area contributed by atoms with Crippen LogP contribution in [-0.4, -0.2) is 22.3 Å². The van der Waals surface area contributed by atoms with Crippen molar-refractivity contribution in [2.75, 3.05) is 6.54 Å². The smallest absolute Gasteiger partial charge is 0.257 e. The highest BCUT2D eigenvalue weighted by Crippen LogP contribution is 2.15. The largest absolute Gasteiger partial charge is 0.332 e. The van der Waals surface area contributed by atoms with Crippen molar-refractivity contribution in [1.82, 2.24) is 9.88 Å². The van der Waals surface area contributed by atoms with Crippen molar-refractivity contribution < 1.29 is 13.6 Å². The Morgan fingerprint density at radius 2 is 1.73 bits per heavy atom. The van der Waals surface area contributed by atoms with Crippen molar-refractivity contribution in [3.63, 3.8) is 0 Å². The van der Waals surface area contributed by atoms with Gasteiger partial charge in [-0.15, -0.1) is 0 Å². The van der Waals surface area contributed by atoms with E-state index in [9.17, 15) is 13.6 Å². The predicted octanol–water partition coefficient (Wildman–Crippen LogP) is 4.24. The number of rotatable bonds is 6. The molecule has 0 saturated carbocycles. The van der Waals surface area contributed by atoms with E-state index in [0.717, 1.165) is 17.7 Å². The van der Waals surface area contributed by atoms with Gasteiger partial charge in [0.25, 0.3) is 5.91 Å². The first-order valence-corrected chi connectivity index (χ1v) is 8.31. The Kier molecular flexibility index (Phi) is 5.69. The molecule has 1 amide bonds. The van der Waals surface area contributed by atoms with Crippen LogP contribution in [-0.2, 0) is 13.0 Å². The van der Waals surface area contributed by atoms with E-state index in [0.29, 0.717) is 18.7 Å². The third kappa shape index (κ3) is 4.51. The molecule has 0 spiro atoms. The minimum absolute atomic E-state index is 0.143. The fourth-order valence-electron chi connectivity index (χ4n) is 2.68. The average molecular weight is 352 g/mol. The highest BCUT2D eigenvalue weighted by atomic mass is 19.1. The molecule has 3 nitrogen and oxygen atoms in total. The molecular weight excluding hydrogens is 334 g/mol. The number of carbonyl (C=O) groups excluding carboxylic acids is 1. The summed E-state index contributed by atoms with van der Waals surface area (Å²) in [6.45, 7) is 0.652. The van der Waals surface area contributed by atoms with Gasteiger partial charge in [0, 0.05) is 18.8 Å². The maximum atomic E-state index is 14.1. The molecule has 0 N–H and O–H groups in total. The Bertz CT molecular complexity index is 870. The fraction of sp³-hybridized carbons (Fsp3) is 0.143. The number of hydrogen-bond donors (Lipinski definition) is 0. The molecule has 0 aliphatic carbocycles. The summed E-state index contributed by atoms with van der Waals surface area (Å²) in [4.78, 5) is 18.6. The lowest BCUT2D eigenvalue weighted by Crippen LogP contribution is -2.33. The van der Waals surface area contributed by atoms with E-state index in [1.54, 1.807) is 12.3 Å². The summed E-state index contributed by atoms with van der Waals surface area (Å²) in [5.74, 6) is -2.05. The monoisotopic (exact) mass is 352 g/mol. The Balaban J connectivity index is 1.82. The standard InChI is InChI=1S/C21H18F2N2O/c22-17-9-10-19(20(23)14-17)21(26)25(15-18-8-4-5-12-24-18)13-11-16-6-2-1-3-7-16/h1-10,12,14H,11,13,15H2. The first-order chi connectivity index (χ1) is 12.6. The van der Waals surface area contributed by atoms with E-state index in [4.69, 9.17) is 0 Å². The number of aromatic nitrogens is 1. The van der Waals surface area contributed by atoms with E-state index in [2.05, 4.69) is 4.98 Å². The van der Waals surface area contributed by atoms with Crippen molar-refractivity contribution in [3.8, 4) is 0 Å². The topological polar surface area (TPSA) is 33.2 Å². The van der Waals surface area contributed by atoms with Crippen LogP contribution in [0.5, 0.6) is 0 Å². The third-order valence-electron chi connectivity index (χ3n) is 4.04. The third-order valence-corrected chi connectivity index (χ3v) is 4.04. The molecule has 0 fully saturated rings. The van der Waals surface area contributed by atoms with E-state index >= 15 is 0 Å². The summed E-state index contributed by atoms with van der Waals surface area (Å²) in [5.41, 5.74) is 1.64. The van der Waals surface area contributed by atoms with E-state index < -0.39 is 17.5 Å². The molecule has 0 bridgehead atoms. The molecule has 0 saturated heterocycles. The zero-order valence-electron chi connectivity index (χ0n) is 14.1. The van der Waals surface area contributed by atoms with Crippen LogP contribution in [0.1, 0.15) is 21.6 Å². The Hall–Kier alpha value is -3.08. The van der Waals surface area contributed by atoms with Crippen LogP contribution >= 0.6 is 0 Å². The van der Waals surface area contributed by atoms with Gasteiger partial charge in [0.2, 0.25) is 0 Å². The number of hydrogen-bond acceptors (Lipinski definition) is 2. The Morgan fingerprint density at radius 3 is 2.42 bits per heavy atom. The molecule has 0 radical (unpaired) electrons. The number of carbonyl (C=O) groups is 1. The number of pyridine rings is 1. The Labute approximate surface area is 150 Å². The number of benzene rings is 2. The first kappa shape index (κ1) is 17.7. The molecule has 1 heterocycles. The quantitative estimate of drug-likeness (QED) is 0.665. The van der Waals surface area contributed by atoms with E-state index in [-0.39, 0.29) is 12.1 Å². The number of halogens is 2. The molecule has 2 aromatic carbocycles. The van der Waals surface area contributed by atoms with E-state index in [1.807, 2.05) is 42.5 Å². The van der Waals surface area contributed by atoms with Gasteiger partial charge in [0.1, 0.15) is 11.6 Å². The van der Waals surface area contributed by atoms with Crippen LogP contribution in [0.4, 0.5) is 8.78 Å². The minimum atomic E-state index is -0.860. The molecule has 5 heteroatoms. The summed E-state index contributed by atoms with van der Waals surface area (Å²) < 4.78 is 27.2. The molecule has 0 aliphatic heterocycles. The molecule has 0 atom stereocenters. The van der Waals surface area contributed by atoms with Crippen LogP contribution in [0.2, 0.25) is 0 Å². The lowest BCUT2D eigenvalue weighted by molar-refractivity contribution is 0.0738. The van der Waals surface area contributed by atoms with Gasteiger partial charge in [0.15, 0.2) is 0 Å². The van der Waals surface area contributed by atoms with Crippen LogP contribution in [0, 0.1) is 11.6 Å². The highest BCUT2D eigenvalue weighted by Gasteiger charge is 2.20. The lowest BCUT2D eigenvalue weighted by Gasteiger charge is -2.23. The summed E-state index contributed by atoms with van der Waals surface area (Å²) >= 11 is 0. The average Bonchev–Trinajstić information content (AvgIpc) is 2.66. The van der Waals surface area contributed by atoms with Crippen LogP contribution in [0.3, 0.4) is 0 Å². The predicted molar refractivity (Wildman–Crippen MR) is 95.5 cm³/mol. The normalized spacial score (nSPS) is 10.5. The summed E-state index contributed by atoms with van der Waals surface area (Å²) in [6.07, 6.45) is 2.27. The van der Waals surface area contributed by atoms with Crippen molar-refractivity contribution >= 4 is 5.91 Å². The minimum Gasteiger partial charge on any atom is -0.332 e. The summed E-state index contributed by atoms with van der Waals surface area (Å²) in [7, 11) is 0. The zero-order valence-corrected chi connectivity index (χ0v) is 14.1. The van der Waals surface area contributed by atoms with Gasteiger partial charge in [0.05, 0.1) is 17.8 Å². The van der Waals surface area contributed by atoms with Gasteiger partial charge in [-0.1, -0.05) is 36.4 Å². The molecule has 1 aromatic heterocycles. The fourth-order valence-corrected chi connectivity index (χ4v) is 2.68. The molecule has 3 aromatic rings. The maximum Gasteiger partial charge on any atom is 0.257 e. The van der Waals surface area contributed by atoms with E-state index in [1.165, 1.54) is 11.0 Å². The second kappa shape index (κ2) is 8.34. The lowest BCUT2D eigenvalue weighted by atomic mass is 10.1. The van der Waals surface area contributed by atoms with Crippen LogP contribution in [0.25, 0.3) is 0 Å². The summed E-state index contributed by atoms with van der Waals surface area (Å²) in [5, 5.41) is 0. The van der Waals surface area contributed by atoms with Crippen molar-refractivity contribution in [3.05, 3.63) is 101 Å². The molecule has 26 heavy (non-hydrogen) atoms. The molecule has 3 rings (SSSR count). The van der Waals surface area contributed by atoms with Crippen molar-refractivity contribution in [1.29, 1.82) is 0 Å². The zero-order chi connectivity index (χ0) is 18.4. The number of amides is 1. The van der Waals surface area contributed by atoms with Gasteiger partial charge < -0.3 is 4.90 Å². The molecule has 0 unspecified atom stereocenters. The molecule has 132 valence electrons. The van der Waals surface area contributed by atoms with Crippen molar-refractivity contribution in [2.24, 2.45) is 0 Å². The second-order valence-corrected chi connectivity index (χ2v) is 5.91. The van der Waals surface area contributed by atoms with Gasteiger partial charge in [-0.05, 0) is 36.2 Å². The van der Waals surface area contributed by atoms with Gasteiger partial charge in [-0.2, -0.15) is 0 Å². The van der Waals surface area contributed by atoms with Gasteiger partial charge in [-0.25, -0.2) is 8.78 Å². The van der Waals surface area contributed by atoms with Gasteiger partial charge in [-0.3, -0.25) is 9.78 Å². The SMILES string of the molecule is O=C(c1ccc(F)cc1F)N(CCc1ccccc1)Cc1ccccn1. The van der Waals surface area contributed by atoms with Crippen molar-refractivity contribution in [2.45, 2.75) is 13.0 Å². The first-order valence-electron chi connectivity index (χ1n) is 8.31. The van der Waals surface area contributed by atoms with Crippen LogP contribution in [0.15, 0.2) is 72.9 Å². The molecule has 0 aliphatic rings. The summed E-state index contributed by atoms with van der Waals surface area (Å²) in [6, 6.07) is 18.2. The maximum absolute atomic E-state index is 14.1. The van der Waals surface area contributed by atoms with Gasteiger partial charge >= 0.3 is 0 Å². The highest BCUT2D eigenvalue weighted by molar-refractivity contribution is 5.94. The second-order valence-electron chi connectivity index (χ2n) is 5.91. The number of nitrogens with zero attached hydrogens (tertiary/aromatic N) is 2.